The fourth-order valence-electron chi connectivity index (χ4n) is 5.41. The van der Waals surface area contributed by atoms with Crippen molar-refractivity contribution in [2.24, 2.45) is 0 Å². The Kier molecular flexibility index (Phi) is 10.1. The zero-order chi connectivity index (χ0) is 32.6. The molecule has 47 heavy (non-hydrogen) atoms. The van der Waals surface area contributed by atoms with Gasteiger partial charge in [-0.2, -0.15) is 0 Å². The van der Waals surface area contributed by atoms with Crippen LogP contribution in [0, 0.1) is 0 Å². The average Bonchev–Trinajstić information content (AvgIpc) is 3.67. The number of benzene rings is 3. The Morgan fingerprint density at radius 2 is 1.83 bits per heavy atom. The number of aliphatic hydroxyl groups excluding tert-OH is 2. The van der Waals surface area contributed by atoms with E-state index < -0.39 is 24.5 Å². The number of hydrogen-bond donors (Lipinski definition) is 5. The summed E-state index contributed by atoms with van der Waals surface area (Å²) in [5.41, 5.74) is 10.8. The average molecular weight is 640 g/mol. The van der Waals surface area contributed by atoms with Gasteiger partial charge in [0.2, 0.25) is 5.95 Å². The second kappa shape index (κ2) is 14.9. The Bertz CT molecular complexity index is 1790. The minimum atomic E-state index is -0.838. The number of ether oxygens (including phenoxy) is 3. The van der Waals surface area contributed by atoms with Crippen molar-refractivity contribution in [3.63, 3.8) is 0 Å². The number of rotatable bonds is 13. The number of nitrogen functional groups attached to an aromatic ring is 1. The zero-order valence-corrected chi connectivity index (χ0v) is 25.7. The van der Waals surface area contributed by atoms with E-state index in [2.05, 4.69) is 25.6 Å². The van der Waals surface area contributed by atoms with Crippen LogP contribution in [0.3, 0.4) is 0 Å². The molecule has 6 N–H and O–H groups in total. The molecule has 0 radical (unpaired) electrons. The number of fused-ring (bicyclic) bond motifs is 1. The summed E-state index contributed by atoms with van der Waals surface area (Å²) in [7, 11) is 0. The molecule has 2 aromatic heterocycles. The maximum Gasteiger partial charge on any atom is 0.407 e. The molecule has 0 unspecified atom stereocenters. The Hall–Kier alpha value is -5.24. The van der Waals surface area contributed by atoms with Crippen molar-refractivity contribution in [2.45, 2.75) is 44.4 Å². The summed E-state index contributed by atoms with van der Waals surface area (Å²) in [4.78, 5) is 25.2. The highest BCUT2D eigenvalue weighted by atomic mass is 16.6. The lowest BCUT2D eigenvalue weighted by Crippen LogP contribution is -2.26. The molecule has 244 valence electrons. The lowest BCUT2D eigenvalue weighted by atomic mass is 10.0. The third-order valence-corrected chi connectivity index (χ3v) is 7.82. The molecule has 13 nitrogen and oxygen atoms in total. The van der Waals surface area contributed by atoms with Gasteiger partial charge in [-0.1, -0.05) is 72.8 Å². The predicted octanol–water partition coefficient (Wildman–Crippen LogP) is 4.02. The number of alkyl carbamates (subject to hydrolysis) is 1. The van der Waals surface area contributed by atoms with E-state index in [1.54, 1.807) is 4.57 Å². The van der Waals surface area contributed by atoms with Crippen molar-refractivity contribution >= 4 is 29.0 Å². The number of carbonyl (C=O) groups is 1. The first kappa shape index (κ1) is 31.7. The highest BCUT2D eigenvalue weighted by molar-refractivity contribution is 5.84. The summed E-state index contributed by atoms with van der Waals surface area (Å²) < 4.78 is 19.2. The van der Waals surface area contributed by atoms with Crippen molar-refractivity contribution in [1.82, 2.24) is 24.8 Å². The molecule has 0 spiro atoms. The maximum absolute atomic E-state index is 12.1. The summed E-state index contributed by atoms with van der Waals surface area (Å²) in [6.07, 6.45) is -0.476. The molecule has 3 aromatic carbocycles. The Balaban J connectivity index is 1.13. The molecular weight excluding hydrogens is 602 g/mol. The van der Waals surface area contributed by atoms with Crippen LogP contribution in [0.4, 0.5) is 16.6 Å². The van der Waals surface area contributed by atoms with Gasteiger partial charge < -0.3 is 40.8 Å². The molecule has 1 aliphatic rings. The van der Waals surface area contributed by atoms with Gasteiger partial charge >= 0.3 is 6.09 Å². The summed E-state index contributed by atoms with van der Waals surface area (Å²) in [5.74, 6) is 1.34. The van der Waals surface area contributed by atoms with E-state index in [1.807, 2.05) is 78.9 Å². The Morgan fingerprint density at radius 3 is 2.60 bits per heavy atom. The SMILES string of the molecule is Nc1ncnc2c1nc(NCc1ccc(-c3ccccc3)c(OCCCNC(=O)OCc3ccccc3)c1)n2[C@H]1C[C@H](O)[C@@H](CO)O1. The molecule has 1 saturated heterocycles. The number of anilines is 2. The molecule has 13 heteroatoms. The lowest BCUT2D eigenvalue weighted by Gasteiger charge is -2.18. The van der Waals surface area contributed by atoms with Gasteiger partial charge in [-0.05, 0) is 29.2 Å². The number of hydrogen-bond acceptors (Lipinski definition) is 11. The van der Waals surface area contributed by atoms with Crippen molar-refractivity contribution in [2.75, 3.05) is 30.8 Å². The summed E-state index contributed by atoms with van der Waals surface area (Å²) >= 11 is 0. The highest BCUT2D eigenvalue weighted by Crippen LogP contribution is 2.35. The fraction of sp³-hybridized carbons (Fsp3) is 0.294. The first-order valence-electron chi connectivity index (χ1n) is 15.4. The first-order chi connectivity index (χ1) is 23.0. The minimum Gasteiger partial charge on any atom is -0.493 e. The van der Waals surface area contributed by atoms with Gasteiger partial charge in [-0.3, -0.25) is 4.57 Å². The molecule has 1 fully saturated rings. The second-order valence-electron chi connectivity index (χ2n) is 11.1. The minimum absolute atomic E-state index is 0.209. The van der Waals surface area contributed by atoms with Crippen LogP contribution in [-0.4, -0.2) is 67.8 Å². The van der Waals surface area contributed by atoms with Crippen LogP contribution in [-0.2, 0) is 22.6 Å². The molecule has 3 heterocycles. The second-order valence-corrected chi connectivity index (χ2v) is 11.1. The van der Waals surface area contributed by atoms with Gasteiger partial charge in [0.05, 0.1) is 19.3 Å². The highest BCUT2D eigenvalue weighted by Gasteiger charge is 2.37. The molecule has 1 amide bonds. The third-order valence-electron chi connectivity index (χ3n) is 7.82. The Morgan fingerprint density at radius 1 is 1.04 bits per heavy atom. The van der Waals surface area contributed by atoms with E-state index in [0.717, 1.165) is 22.3 Å². The quantitative estimate of drug-likeness (QED) is 0.118. The monoisotopic (exact) mass is 639 g/mol. The van der Waals surface area contributed by atoms with E-state index in [9.17, 15) is 15.0 Å². The number of nitrogens with two attached hydrogens (primary N) is 1. The van der Waals surface area contributed by atoms with Crippen molar-refractivity contribution in [3.8, 4) is 16.9 Å². The van der Waals surface area contributed by atoms with Gasteiger partial charge in [0.15, 0.2) is 17.0 Å². The van der Waals surface area contributed by atoms with Crippen LogP contribution in [0.25, 0.3) is 22.3 Å². The standard InChI is InChI=1S/C34H37N7O6/c35-31-30-32(39-21-38-31)41(29-17-26(43)28(19-42)47-29)33(40-30)37-18-23-12-13-25(24-10-5-2-6-11-24)27(16-23)45-15-7-14-36-34(44)46-20-22-8-3-1-4-9-22/h1-6,8-13,16,21,26,28-29,42-43H,7,14-15,17-20H2,(H,36,44)(H,37,40)(H2,35,38,39)/t26-,28+,29+/m0/s1. The normalized spacial score (nSPS) is 17.4. The molecule has 0 saturated carbocycles. The summed E-state index contributed by atoms with van der Waals surface area (Å²) in [6.45, 7) is 1.04. The fourth-order valence-corrected chi connectivity index (χ4v) is 5.41. The number of aliphatic hydroxyl groups is 2. The molecule has 6 rings (SSSR count). The van der Waals surface area contributed by atoms with Gasteiger partial charge in [-0.15, -0.1) is 0 Å². The molecule has 5 aromatic rings. The van der Waals surface area contributed by atoms with Crippen molar-refractivity contribution < 1.29 is 29.2 Å². The lowest BCUT2D eigenvalue weighted by molar-refractivity contribution is -0.0425. The van der Waals surface area contributed by atoms with E-state index >= 15 is 0 Å². The van der Waals surface area contributed by atoms with Crippen molar-refractivity contribution in [3.05, 3.63) is 96.3 Å². The Labute approximate surface area is 271 Å². The molecule has 1 aliphatic heterocycles. The number of aromatic nitrogens is 4. The van der Waals surface area contributed by atoms with E-state index in [0.29, 0.717) is 49.0 Å². The van der Waals surface area contributed by atoms with Gasteiger partial charge in [0.1, 0.15) is 31.0 Å². The number of nitrogens with zero attached hydrogens (tertiary/aromatic N) is 4. The topological polar surface area (TPSA) is 179 Å². The number of carbonyl (C=O) groups excluding carboxylic acids is 1. The van der Waals surface area contributed by atoms with Crippen LogP contribution in [0.5, 0.6) is 5.75 Å². The number of nitrogens with one attached hydrogen (secondary N) is 2. The van der Waals surface area contributed by atoms with Gasteiger partial charge in [-0.25, -0.2) is 19.7 Å². The summed E-state index contributed by atoms with van der Waals surface area (Å²) in [5, 5.41) is 26.2. The molecule has 0 aliphatic carbocycles. The molecule has 3 atom stereocenters. The van der Waals surface area contributed by atoms with Crippen LogP contribution >= 0.6 is 0 Å². The van der Waals surface area contributed by atoms with E-state index in [-0.39, 0.29) is 25.5 Å². The van der Waals surface area contributed by atoms with Crippen LogP contribution in [0.15, 0.2) is 85.2 Å². The maximum atomic E-state index is 12.1. The van der Waals surface area contributed by atoms with Crippen LogP contribution in [0.2, 0.25) is 0 Å². The largest absolute Gasteiger partial charge is 0.493 e. The van der Waals surface area contributed by atoms with Crippen molar-refractivity contribution in [1.29, 1.82) is 0 Å². The van der Waals surface area contributed by atoms with Gasteiger partial charge in [0.25, 0.3) is 0 Å². The van der Waals surface area contributed by atoms with E-state index in [4.69, 9.17) is 19.9 Å². The number of amides is 1. The zero-order valence-electron chi connectivity index (χ0n) is 25.7. The third kappa shape index (κ3) is 7.60. The van der Waals surface area contributed by atoms with Crippen LogP contribution < -0.4 is 21.1 Å². The van der Waals surface area contributed by atoms with E-state index in [1.165, 1.54) is 6.33 Å². The predicted molar refractivity (Wildman–Crippen MR) is 175 cm³/mol. The molecular formula is C34H37N7O6. The summed E-state index contributed by atoms with van der Waals surface area (Å²) in [6, 6.07) is 25.4. The molecule has 0 bridgehead atoms. The first-order valence-corrected chi connectivity index (χ1v) is 15.4. The smallest absolute Gasteiger partial charge is 0.407 e. The van der Waals surface area contributed by atoms with Gasteiger partial charge in [0, 0.05) is 25.1 Å². The number of imidazole rings is 1. The van der Waals surface area contributed by atoms with Crippen LogP contribution in [0.1, 0.15) is 30.2 Å².